The van der Waals surface area contributed by atoms with Crippen LogP contribution in [0, 0.1) is 5.92 Å². The number of carbonyl (C=O) groups is 1. The SMILES string of the molecule is COC(=O)[C@@H](N=C[C@H]1COC(C)(C)O1)C(C)C. The maximum atomic E-state index is 11.5. The molecule has 5 heteroatoms. The van der Waals surface area contributed by atoms with Gasteiger partial charge < -0.3 is 14.2 Å². The Bertz CT molecular complexity index is 299. The first-order valence-corrected chi connectivity index (χ1v) is 5.78. The fourth-order valence-electron chi connectivity index (χ4n) is 1.60. The Labute approximate surface area is 102 Å². The molecule has 0 N–H and O–H groups in total. The van der Waals surface area contributed by atoms with Crippen molar-refractivity contribution in [1.82, 2.24) is 0 Å². The Morgan fingerprint density at radius 1 is 1.53 bits per heavy atom. The molecule has 0 unspecified atom stereocenters. The number of carbonyl (C=O) groups excluding carboxylic acids is 1. The number of nitrogens with zero attached hydrogens (tertiary/aromatic N) is 1. The summed E-state index contributed by atoms with van der Waals surface area (Å²) >= 11 is 0. The van der Waals surface area contributed by atoms with Crippen molar-refractivity contribution in [2.24, 2.45) is 10.9 Å². The van der Waals surface area contributed by atoms with Crippen molar-refractivity contribution in [3.8, 4) is 0 Å². The van der Waals surface area contributed by atoms with Gasteiger partial charge in [0.25, 0.3) is 0 Å². The second-order valence-corrected chi connectivity index (χ2v) is 4.88. The van der Waals surface area contributed by atoms with Crippen molar-refractivity contribution in [3.05, 3.63) is 0 Å². The first-order chi connectivity index (χ1) is 7.85. The van der Waals surface area contributed by atoms with Gasteiger partial charge in [-0.25, -0.2) is 4.79 Å². The molecule has 98 valence electrons. The highest BCUT2D eigenvalue weighted by Crippen LogP contribution is 2.21. The van der Waals surface area contributed by atoms with Gasteiger partial charge in [-0.05, 0) is 19.8 Å². The van der Waals surface area contributed by atoms with Crippen LogP contribution in [0.15, 0.2) is 4.99 Å². The number of esters is 1. The molecule has 0 aliphatic carbocycles. The highest BCUT2D eigenvalue weighted by molar-refractivity contribution is 5.79. The van der Waals surface area contributed by atoms with Crippen LogP contribution < -0.4 is 0 Å². The quantitative estimate of drug-likeness (QED) is 0.553. The van der Waals surface area contributed by atoms with Crippen LogP contribution in [0.25, 0.3) is 0 Å². The predicted octanol–water partition coefficient (Wildman–Crippen LogP) is 1.41. The van der Waals surface area contributed by atoms with Crippen LogP contribution in [0.1, 0.15) is 27.7 Å². The van der Waals surface area contributed by atoms with Crippen molar-refractivity contribution in [2.45, 2.75) is 45.6 Å². The van der Waals surface area contributed by atoms with Gasteiger partial charge in [-0.2, -0.15) is 0 Å². The Balaban J connectivity index is 2.59. The molecule has 0 aromatic heterocycles. The second-order valence-electron chi connectivity index (χ2n) is 4.88. The predicted molar refractivity (Wildman–Crippen MR) is 64.0 cm³/mol. The molecule has 17 heavy (non-hydrogen) atoms. The Kier molecular flexibility index (Phi) is 4.65. The zero-order valence-electron chi connectivity index (χ0n) is 11.1. The molecule has 0 bridgehead atoms. The normalized spacial score (nSPS) is 25.4. The van der Waals surface area contributed by atoms with E-state index >= 15 is 0 Å². The lowest BCUT2D eigenvalue weighted by Gasteiger charge is -2.16. The first-order valence-electron chi connectivity index (χ1n) is 5.78. The van der Waals surface area contributed by atoms with Crippen LogP contribution in [-0.4, -0.2) is 43.8 Å². The number of hydrogen-bond acceptors (Lipinski definition) is 5. The molecule has 1 heterocycles. The molecule has 2 atom stereocenters. The Morgan fingerprint density at radius 2 is 2.18 bits per heavy atom. The summed E-state index contributed by atoms with van der Waals surface area (Å²) in [6.45, 7) is 8.01. The summed E-state index contributed by atoms with van der Waals surface area (Å²) in [6.07, 6.45) is 1.44. The molecule has 0 aromatic carbocycles. The molecule has 0 saturated carbocycles. The van der Waals surface area contributed by atoms with Crippen molar-refractivity contribution in [2.75, 3.05) is 13.7 Å². The van der Waals surface area contributed by atoms with Gasteiger partial charge >= 0.3 is 5.97 Å². The molecule has 0 spiro atoms. The number of rotatable bonds is 4. The standard InChI is InChI=1S/C12H21NO4/c1-8(2)10(11(14)15-5)13-6-9-7-16-12(3,4)17-9/h6,8-10H,7H2,1-5H3/t9-,10-/m0/s1. The van der Waals surface area contributed by atoms with Gasteiger partial charge in [0, 0.05) is 6.21 Å². The third-order valence-corrected chi connectivity index (χ3v) is 2.52. The van der Waals surface area contributed by atoms with Crippen LogP contribution >= 0.6 is 0 Å². The van der Waals surface area contributed by atoms with Gasteiger partial charge in [0.05, 0.1) is 13.7 Å². The Hall–Kier alpha value is -0.940. The molecule has 0 radical (unpaired) electrons. The lowest BCUT2D eigenvalue weighted by atomic mass is 10.1. The van der Waals surface area contributed by atoms with Gasteiger partial charge in [-0.15, -0.1) is 0 Å². The molecule has 5 nitrogen and oxygen atoms in total. The molecular formula is C12H21NO4. The second kappa shape index (κ2) is 5.60. The van der Waals surface area contributed by atoms with Crippen molar-refractivity contribution < 1.29 is 19.0 Å². The molecule has 0 aromatic rings. The fourth-order valence-corrected chi connectivity index (χ4v) is 1.60. The van der Waals surface area contributed by atoms with E-state index in [2.05, 4.69) is 4.99 Å². The van der Waals surface area contributed by atoms with E-state index in [0.717, 1.165) is 0 Å². The largest absolute Gasteiger partial charge is 0.467 e. The van der Waals surface area contributed by atoms with Gasteiger partial charge in [0.2, 0.25) is 0 Å². The topological polar surface area (TPSA) is 57.1 Å². The lowest BCUT2D eigenvalue weighted by molar-refractivity contribution is -0.143. The van der Waals surface area contributed by atoms with Gasteiger partial charge in [-0.1, -0.05) is 13.8 Å². The third-order valence-electron chi connectivity index (χ3n) is 2.52. The summed E-state index contributed by atoms with van der Waals surface area (Å²) in [5, 5.41) is 0. The first kappa shape index (κ1) is 14.1. The minimum atomic E-state index is -0.574. The summed E-state index contributed by atoms with van der Waals surface area (Å²) < 4.78 is 15.7. The van der Waals surface area contributed by atoms with Crippen LogP contribution in [0.2, 0.25) is 0 Å². The minimum absolute atomic E-state index is 0.0917. The van der Waals surface area contributed by atoms with Gasteiger partial charge in [-0.3, -0.25) is 4.99 Å². The van der Waals surface area contributed by atoms with E-state index < -0.39 is 11.8 Å². The van der Waals surface area contributed by atoms with Crippen LogP contribution in [0.3, 0.4) is 0 Å². The van der Waals surface area contributed by atoms with Crippen LogP contribution in [-0.2, 0) is 19.0 Å². The van der Waals surface area contributed by atoms with Crippen LogP contribution in [0.4, 0.5) is 0 Å². The van der Waals surface area contributed by atoms with E-state index in [9.17, 15) is 4.79 Å². The number of aliphatic imine (C=N–C) groups is 1. The lowest BCUT2D eigenvalue weighted by Crippen LogP contribution is -2.28. The van der Waals surface area contributed by atoms with Gasteiger partial charge in [0.1, 0.15) is 12.1 Å². The van der Waals surface area contributed by atoms with Crippen LogP contribution in [0.5, 0.6) is 0 Å². The molecule has 1 aliphatic rings. The average molecular weight is 243 g/mol. The highest BCUT2D eigenvalue weighted by atomic mass is 16.7. The summed E-state index contributed by atoms with van der Waals surface area (Å²) in [5.41, 5.74) is 0. The number of ether oxygens (including phenoxy) is 3. The highest BCUT2D eigenvalue weighted by Gasteiger charge is 2.32. The molecule has 1 aliphatic heterocycles. The van der Waals surface area contributed by atoms with Crippen molar-refractivity contribution in [3.63, 3.8) is 0 Å². The number of hydrogen-bond donors (Lipinski definition) is 0. The smallest absolute Gasteiger partial charge is 0.330 e. The van der Waals surface area contributed by atoms with Crippen molar-refractivity contribution >= 4 is 12.2 Å². The summed E-state index contributed by atoms with van der Waals surface area (Å²) in [7, 11) is 1.37. The molecule has 1 fully saturated rings. The van der Waals surface area contributed by atoms with Gasteiger partial charge in [0.15, 0.2) is 5.79 Å². The maximum absolute atomic E-state index is 11.5. The molecular weight excluding hydrogens is 222 g/mol. The average Bonchev–Trinajstić information content (AvgIpc) is 2.57. The summed E-state index contributed by atoms with van der Waals surface area (Å²) in [5.74, 6) is -0.807. The van der Waals surface area contributed by atoms with E-state index in [1.165, 1.54) is 7.11 Å². The molecule has 1 saturated heterocycles. The Morgan fingerprint density at radius 3 is 2.59 bits per heavy atom. The van der Waals surface area contributed by atoms with E-state index in [-0.39, 0.29) is 18.0 Å². The summed E-state index contributed by atoms with van der Waals surface area (Å²) in [6, 6.07) is -0.479. The molecule has 1 rings (SSSR count). The zero-order valence-corrected chi connectivity index (χ0v) is 11.1. The minimum Gasteiger partial charge on any atom is -0.467 e. The zero-order chi connectivity index (χ0) is 13.1. The maximum Gasteiger partial charge on any atom is 0.330 e. The van der Waals surface area contributed by atoms with E-state index in [4.69, 9.17) is 14.2 Å². The monoisotopic (exact) mass is 243 g/mol. The molecule has 0 amide bonds. The van der Waals surface area contributed by atoms with E-state index in [0.29, 0.717) is 6.61 Å². The van der Waals surface area contributed by atoms with Crippen molar-refractivity contribution in [1.29, 1.82) is 0 Å². The summed E-state index contributed by atoms with van der Waals surface area (Å²) in [4.78, 5) is 15.7. The third kappa shape index (κ3) is 4.09. The fraction of sp³-hybridized carbons (Fsp3) is 0.833. The number of methoxy groups -OCH3 is 1. The van der Waals surface area contributed by atoms with E-state index in [1.54, 1.807) is 6.21 Å². The van der Waals surface area contributed by atoms with E-state index in [1.807, 2.05) is 27.7 Å².